The summed E-state index contributed by atoms with van der Waals surface area (Å²) in [6.07, 6.45) is 2.36. The molecule has 0 amide bonds. The van der Waals surface area contributed by atoms with E-state index in [2.05, 4.69) is 77.7 Å². The van der Waals surface area contributed by atoms with Gasteiger partial charge in [-0.1, -0.05) is 30.3 Å². The third kappa shape index (κ3) is 2.00. The molecule has 2 atom stereocenters. The van der Waals surface area contributed by atoms with Gasteiger partial charge in [0.2, 0.25) is 0 Å². The van der Waals surface area contributed by atoms with E-state index in [0.29, 0.717) is 12.1 Å². The van der Waals surface area contributed by atoms with E-state index in [0.717, 1.165) is 13.0 Å². The summed E-state index contributed by atoms with van der Waals surface area (Å²) in [6, 6.07) is 18.7. The van der Waals surface area contributed by atoms with Crippen molar-refractivity contribution in [2.75, 3.05) is 30.4 Å². The van der Waals surface area contributed by atoms with Crippen LogP contribution < -0.4 is 15.1 Å². The van der Waals surface area contributed by atoms with Crippen molar-refractivity contribution in [1.82, 2.24) is 5.32 Å². The summed E-state index contributed by atoms with van der Waals surface area (Å²) in [7, 11) is 4.27. The molecule has 2 heterocycles. The smallest absolute Gasteiger partial charge is 0.0646 e. The number of rotatable bonds is 1. The molecule has 0 spiro atoms. The molecule has 0 aromatic heterocycles. The van der Waals surface area contributed by atoms with Crippen molar-refractivity contribution >= 4 is 17.1 Å². The zero-order chi connectivity index (χ0) is 15.1. The summed E-state index contributed by atoms with van der Waals surface area (Å²) in [6.45, 7) is 1.11. The molecule has 3 heteroatoms. The molecule has 114 valence electrons. The van der Waals surface area contributed by atoms with Crippen molar-refractivity contribution in [3.05, 3.63) is 54.1 Å². The molecule has 2 aromatic carbocycles. The van der Waals surface area contributed by atoms with Gasteiger partial charge in [0.05, 0.1) is 17.4 Å². The molecule has 0 radical (unpaired) electrons. The number of piperidine rings is 1. The normalized spacial score (nSPS) is 23.4. The van der Waals surface area contributed by atoms with E-state index in [9.17, 15) is 0 Å². The van der Waals surface area contributed by atoms with Crippen LogP contribution in [0.15, 0.2) is 48.5 Å². The standard InChI is InChI=1S/C19H23N3/c1-20-14-11-12-22-18-10-6-5-9-17(18)21(2)16-8-4-3-7-15(16)19(22)13-14/h3-10,14,19-20H,11-13H2,1-2H3. The molecule has 1 fully saturated rings. The van der Waals surface area contributed by atoms with Crippen LogP contribution in [0.4, 0.5) is 17.1 Å². The zero-order valence-electron chi connectivity index (χ0n) is 13.3. The fourth-order valence-corrected chi connectivity index (χ4v) is 4.01. The summed E-state index contributed by atoms with van der Waals surface area (Å²) in [5.74, 6) is 0. The Morgan fingerprint density at radius 3 is 2.41 bits per heavy atom. The molecule has 0 bridgehead atoms. The van der Waals surface area contributed by atoms with Gasteiger partial charge in [0, 0.05) is 25.3 Å². The number of benzene rings is 2. The van der Waals surface area contributed by atoms with Gasteiger partial charge in [-0.2, -0.15) is 0 Å². The zero-order valence-corrected chi connectivity index (χ0v) is 13.3. The lowest BCUT2D eigenvalue weighted by molar-refractivity contribution is 0.380. The lowest BCUT2D eigenvalue weighted by Gasteiger charge is -2.40. The van der Waals surface area contributed by atoms with Crippen molar-refractivity contribution in [3.8, 4) is 0 Å². The SMILES string of the molecule is CNC1CCN2c3ccccc3N(C)c3ccccc3C2C1. The van der Waals surface area contributed by atoms with Crippen molar-refractivity contribution in [3.63, 3.8) is 0 Å². The molecule has 2 aliphatic rings. The maximum absolute atomic E-state index is 3.48. The number of para-hydroxylation sites is 3. The van der Waals surface area contributed by atoms with Crippen LogP contribution in [-0.2, 0) is 0 Å². The third-order valence-electron chi connectivity index (χ3n) is 5.22. The van der Waals surface area contributed by atoms with Crippen LogP contribution in [0.25, 0.3) is 0 Å². The van der Waals surface area contributed by atoms with Crippen LogP contribution in [0, 0.1) is 0 Å². The van der Waals surface area contributed by atoms with E-state index >= 15 is 0 Å². The topological polar surface area (TPSA) is 18.5 Å². The van der Waals surface area contributed by atoms with Gasteiger partial charge in [0.15, 0.2) is 0 Å². The van der Waals surface area contributed by atoms with Crippen LogP contribution in [0.2, 0.25) is 0 Å². The quantitative estimate of drug-likeness (QED) is 0.865. The lowest BCUT2D eigenvalue weighted by atomic mass is 9.91. The Bertz CT molecular complexity index is 682. The monoisotopic (exact) mass is 293 g/mol. The van der Waals surface area contributed by atoms with Crippen LogP contribution in [0.5, 0.6) is 0 Å². The molecule has 0 aliphatic carbocycles. The number of nitrogens with one attached hydrogen (secondary N) is 1. The first-order valence-electron chi connectivity index (χ1n) is 8.15. The number of nitrogens with zero attached hydrogens (tertiary/aromatic N) is 2. The maximum atomic E-state index is 3.48. The highest BCUT2D eigenvalue weighted by molar-refractivity contribution is 5.81. The fraction of sp³-hybridized carbons (Fsp3) is 0.368. The molecule has 1 N–H and O–H groups in total. The highest BCUT2D eigenvalue weighted by Gasteiger charge is 2.34. The van der Waals surface area contributed by atoms with Gasteiger partial charge in [-0.15, -0.1) is 0 Å². The summed E-state index contributed by atoms with van der Waals surface area (Å²) in [5.41, 5.74) is 5.45. The predicted octanol–water partition coefficient (Wildman–Crippen LogP) is 3.70. The first kappa shape index (κ1) is 13.6. The maximum Gasteiger partial charge on any atom is 0.0646 e. The van der Waals surface area contributed by atoms with E-state index in [-0.39, 0.29) is 0 Å². The van der Waals surface area contributed by atoms with Gasteiger partial charge >= 0.3 is 0 Å². The molecule has 2 aromatic rings. The van der Waals surface area contributed by atoms with Crippen molar-refractivity contribution in [2.45, 2.75) is 24.9 Å². The summed E-state index contributed by atoms with van der Waals surface area (Å²) < 4.78 is 0. The number of fused-ring (bicyclic) bond motifs is 5. The van der Waals surface area contributed by atoms with Crippen LogP contribution in [0.1, 0.15) is 24.4 Å². The number of hydrogen-bond acceptors (Lipinski definition) is 3. The molecular formula is C19H23N3. The Balaban J connectivity index is 1.90. The van der Waals surface area contributed by atoms with Gasteiger partial charge in [-0.05, 0) is 43.7 Å². The largest absolute Gasteiger partial charge is 0.363 e. The Hall–Kier alpha value is -2.00. The number of hydrogen-bond donors (Lipinski definition) is 1. The van der Waals surface area contributed by atoms with Crippen LogP contribution >= 0.6 is 0 Å². The molecule has 1 saturated heterocycles. The minimum atomic E-state index is 0.452. The second kappa shape index (κ2) is 5.33. The second-order valence-corrected chi connectivity index (χ2v) is 6.33. The Kier molecular flexibility index (Phi) is 3.30. The fourth-order valence-electron chi connectivity index (χ4n) is 4.01. The van der Waals surface area contributed by atoms with E-state index in [1.54, 1.807) is 0 Å². The average molecular weight is 293 g/mol. The Morgan fingerprint density at radius 2 is 1.64 bits per heavy atom. The van der Waals surface area contributed by atoms with E-state index in [1.165, 1.54) is 29.0 Å². The molecule has 2 unspecified atom stereocenters. The Morgan fingerprint density at radius 1 is 0.955 bits per heavy atom. The lowest BCUT2D eigenvalue weighted by Crippen LogP contribution is -2.43. The molecule has 2 aliphatic heterocycles. The van der Waals surface area contributed by atoms with Gasteiger partial charge in [0.25, 0.3) is 0 Å². The van der Waals surface area contributed by atoms with Gasteiger partial charge in [0.1, 0.15) is 0 Å². The van der Waals surface area contributed by atoms with Crippen molar-refractivity contribution < 1.29 is 0 Å². The van der Waals surface area contributed by atoms with E-state index in [1.807, 2.05) is 0 Å². The number of anilines is 3. The summed E-state index contributed by atoms with van der Waals surface area (Å²) in [5, 5.41) is 3.48. The first-order chi connectivity index (χ1) is 10.8. The highest BCUT2D eigenvalue weighted by Crippen LogP contribution is 2.47. The summed E-state index contributed by atoms with van der Waals surface area (Å²) >= 11 is 0. The predicted molar refractivity (Wildman–Crippen MR) is 93.1 cm³/mol. The van der Waals surface area contributed by atoms with Gasteiger partial charge < -0.3 is 15.1 Å². The van der Waals surface area contributed by atoms with E-state index in [4.69, 9.17) is 0 Å². The minimum Gasteiger partial charge on any atom is -0.363 e. The van der Waals surface area contributed by atoms with E-state index < -0.39 is 0 Å². The minimum absolute atomic E-state index is 0.452. The molecule has 22 heavy (non-hydrogen) atoms. The molecule has 0 saturated carbocycles. The molecule has 3 nitrogen and oxygen atoms in total. The van der Waals surface area contributed by atoms with Crippen LogP contribution in [-0.4, -0.2) is 26.7 Å². The average Bonchev–Trinajstić information content (AvgIpc) is 2.70. The van der Waals surface area contributed by atoms with Gasteiger partial charge in [-0.3, -0.25) is 0 Å². The Labute approximate surface area is 132 Å². The highest BCUT2D eigenvalue weighted by atomic mass is 15.2. The first-order valence-corrected chi connectivity index (χ1v) is 8.15. The second-order valence-electron chi connectivity index (χ2n) is 6.33. The molecular weight excluding hydrogens is 270 g/mol. The van der Waals surface area contributed by atoms with Crippen LogP contribution in [0.3, 0.4) is 0 Å². The van der Waals surface area contributed by atoms with Crippen molar-refractivity contribution in [1.29, 1.82) is 0 Å². The van der Waals surface area contributed by atoms with Crippen molar-refractivity contribution in [2.24, 2.45) is 0 Å². The van der Waals surface area contributed by atoms with Gasteiger partial charge in [-0.25, -0.2) is 0 Å². The third-order valence-corrected chi connectivity index (χ3v) is 5.22. The molecule has 4 rings (SSSR count). The summed E-state index contributed by atoms with van der Waals surface area (Å²) in [4.78, 5) is 4.95.